The summed E-state index contributed by atoms with van der Waals surface area (Å²) >= 11 is 0. The molecule has 6 heteroatoms. The van der Waals surface area contributed by atoms with E-state index in [-0.39, 0.29) is 16.1 Å². The average Bonchev–Trinajstić information content (AvgIpc) is 2.35. The summed E-state index contributed by atoms with van der Waals surface area (Å²) in [7, 11) is -3.56. The molecule has 1 heterocycles. The molecule has 0 aliphatic carbocycles. The van der Waals surface area contributed by atoms with E-state index in [0.29, 0.717) is 19.0 Å². The second-order valence-corrected chi connectivity index (χ2v) is 7.17. The number of sulfonamides is 1. The smallest absolute Gasteiger partial charge is 0.243 e. The van der Waals surface area contributed by atoms with Crippen molar-refractivity contribution in [1.29, 1.82) is 0 Å². The Morgan fingerprint density at radius 3 is 2.42 bits per heavy atom. The van der Waals surface area contributed by atoms with Crippen molar-refractivity contribution in [2.24, 2.45) is 5.92 Å². The van der Waals surface area contributed by atoms with Gasteiger partial charge in [0.25, 0.3) is 0 Å². The molecule has 0 radical (unpaired) electrons. The van der Waals surface area contributed by atoms with Crippen LogP contribution in [0, 0.1) is 18.7 Å². The van der Waals surface area contributed by atoms with Crippen LogP contribution < -0.4 is 5.73 Å². The standard InChI is InChI=1S/C13H19FN2O2S/c1-9-3-5-16(6-4-9)19(17,18)11-7-10(2)13(14)12(15)8-11/h7-9H,3-6,15H2,1-2H3. The Morgan fingerprint density at radius 2 is 1.89 bits per heavy atom. The van der Waals surface area contributed by atoms with Crippen molar-refractivity contribution in [2.45, 2.75) is 31.6 Å². The summed E-state index contributed by atoms with van der Waals surface area (Å²) < 4.78 is 39.8. The van der Waals surface area contributed by atoms with Gasteiger partial charge in [0.2, 0.25) is 10.0 Å². The molecule has 19 heavy (non-hydrogen) atoms. The number of hydrogen-bond donors (Lipinski definition) is 1. The number of halogens is 1. The number of rotatable bonds is 2. The zero-order valence-electron chi connectivity index (χ0n) is 11.2. The van der Waals surface area contributed by atoms with Gasteiger partial charge in [0.05, 0.1) is 10.6 Å². The highest BCUT2D eigenvalue weighted by Crippen LogP contribution is 2.26. The van der Waals surface area contributed by atoms with E-state index in [2.05, 4.69) is 6.92 Å². The van der Waals surface area contributed by atoms with Gasteiger partial charge in [-0.25, -0.2) is 12.8 Å². The Labute approximate surface area is 113 Å². The fourth-order valence-corrected chi connectivity index (χ4v) is 3.88. The van der Waals surface area contributed by atoms with Crippen molar-refractivity contribution in [3.8, 4) is 0 Å². The van der Waals surface area contributed by atoms with E-state index in [1.165, 1.54) is 23.4 Å². The first-order valence-electron chi connectivity index (χ1n) is 6.38. The van der Waals surface area contributed by atoms with E-state index in [1.807, 2.05) is 0 Å². The van der Waals surface area contributed by atoms with Gasteiger partial charge in [0, 0.05) is 13.1 Å². The number of aryl methyl sites for hydroxylation is 1. The molecule has 2 rings (SSSR count). The quantitative estimate of drug-likeness (QED) is 0.847. The van der Waals surface area contributed by atoms with E-state index >= 15 is 0 Å². The van der Waals surface area contributed by atoms with E-state index in [0.717, 1.165) is 12.8 Å². The molecule has 106 valence electrons. The molecule has 2 N–H and O–H groups in total. The Morgan fingerprint density at radius 1 is 1.32 bits per heavy atom. The second-order valence-electron chi connectivity index (χ2n) is 5.23. The molecule has 1 aliphatic rings. The van der Waals surface area contributed by atoms with E-state index in [1.54, 1.807) is 0 Å². The Hall–Kier alpha value is -1.14. The molecule has 0 amide bonds. The van der Waals surface area contributed by atoms with Gasteiger partial charge in [-0.2, -0.15) is 4.31 Å². The summed E-state index contributed by atoms with van der Waals surface area (Å²) in [5.41, 5.74) is 5.64. The normalized spacial score (nSPS) is 18.7. The van der Waals surface area contributed by atoms with Crippen molar-refractivity contribution >= 4 is 15.7 Å². The van der Waals surface area contributed by atoms with Crippen LogP contribution in [0.25, 0.3) is 0 Å². The van der Waals surface area contributed by atoms with Gasteiger partial charge in [0.1, 0.15) is 5.82 Å². The first-order valence-corrected chi connectivity index (χ1v) is 7.82. The largest absolute Gasteiger partial charge is 0.396 e. The molecule has 1 fully saturated rings. The molecule has 1 aliphatic heterocycles. The van der Waals surface area contributed by atoms with Gasteiger partial charge in [-0.3, -0.25) is 0 Å². The number of hydrogen-bond acceptors (Lipinski definition) is 3. The van der Waals surface area contributed by atoms with Crippen molar-refractivity contribution in [1.82, 2.24) is 4.31 Å². The first kappa shape index (κ1) is 14.3. The number of anilines is 1. The van der Waals surface area contributed by atoms with Crippen molar-refractivity contribution in [3.63, 3.8) is 0 Å². The average molecular weight is 286 g/mol. The van der Waals surface area contributed by atoms with Crippen LogP contribution in [0.5, 0.6) is 0 Å². The molecule has 0 aromatic heterocycles. The maximum absolute atomic E-state index is 13.5. The lowest BCUT2D eigenvalue weighted by Crippen LogP contribution is -2.37. The third-order valence-corrected chi connectivity index (χ3v) is 5.51. The Kier molecular flexibility index (Phi) is 3.82. The highest BCUT2D eigenvalue weighted by molar-refractivity contribution is 7.89. The van der Waals surface area contributed by atoms with Crippen LogP contribution in [0.1, 0.15) is 25.3 Å². The minimum absolute atomic E-state index is 0.0819. The third kappa shape index (κ3) is 2.74. The van der Waals surface area contributed by atoms with Crippen molar-refractivity contribution in [2.75, 3.05) is 18.8 Å². The molecule has 0 unspecified atom stereocenters. The number of benzene rings is 1. The number of piperidine rings is 1. The molecule has 1 aromatic carbocycles. The predicted octanol–water partition coefficient (Wildman–Crippen LogP) is 2.14. The van der Waals surface area contributed by atoms with Gasteiger partial charge in [-0.1, -0.05) is 6.92 Å². The van der Waals surface area contributed by atoms with Crippen LogP contribution >= 0.6 is 0 Å². The SMILES string of the molecule is Cc1cc(S(=O)(=O)N2CCC(C)CC2)cc(N)c1F. The maximum atomic E-state index is 13.5. The summed E-state index contributed by atoms with van der Waals surface area (Å²) in [5, 5.41) is 0. The number of nitrogens with zero attached hydrogens (tertiary/aromatic N) is 1. The highest BCUT2D eigenvalue weighted by atomic mass is 32.2. The van der Waals surface area contributed by atoms with Crippen LogP contribution in [0.4, 0.5) is 10.1 Å². The molecule has 0 atom stereocenters. The van der Waals surface area contributed by atoms with Crippen LogP contribution in [0.2, 0.25) is 0 Å². The molecule has 1 saturated heterocycles. The summed E-state index contributed by atoms with van der Waals surface area (Å²) in [4.78, 5) is 0.0819. The Balaban J connectivity index is 2.35. The van der Waals surface area contributed by atoms with Gasteiger partial charge < -0.3 is 5.73 Å². The minimum Gasteiger partial charge on any atom is -0.396 e. The Bertz CT molecular complexity index is 555. The fraction of sp³-hybridized carbons (Fsp3) is 0.538. The summed E-state index contributed by atoms with van der Waals surface area (Å²) in [5.74, 6) is -0.00214. The summed E-state index contributed by atoms with van der Waals surface area (Å²) in [6, 6.07) is 2.55. The van der Waals surface area contributed by atoms with Gasteiger partial charge in [-0.15, -0.1) is 0 Å². The van der Waals surface area contributed by atoms with Gasteiger partial charge in [-0.05, 0) is 43.4 Å². The monoisotopic (exact) mass is 286 g/mol. The molecule has 1 aromatic rings. The topological polar surface area (TPSA) is 63.4 Å². The molecule has 0 spiro atoms. The first-order chi connectivity index (χ1) is 8.82. The van der Waals surface area contributed by atoms with Gasteiger partial charge in [0.15, 0.2) is 0 Å². The van der Waals surface area contributed by atoms with E-state index in [4.69, 9.17) is 5.73 Å². The minimum atomic E-state index is -3.56. The zero-order chi connectivity index (χ0) is 14.2. The zero-order valence-corrected chi connectivity index (χ0v) is 12.0. The molecular formula is C13H19FN2O2S. The van der Waals surface area contributed by atoms with Crippen LogP contribution in [0.3, 0.4) is 0 Å². The van der Waals surface area contributed by atoms with E-state index < -0.39 is 15.8 Å². The highest BCUT2D eigenvalue weighted by Gasteiger charge is 2.28. The van der Waals surface area contributed by atoms with Crippen LogP contribution in [0.15, 0.2) is 17.0 Å². The third-order valence-electron chi connectivity index (χ3n) is 3.64. The number of nitrogens with two attached hydrogens (primary N) is 1. The molecule has 0 bridgehead atoms. The number of nitrogen functional groups attached to an aromatic ring is 1. The molecule has 4 nitrogen and oxygen atoms in total. The predicted molar refractivity (Wildman–Crippen MR) is 72.7 cm³/mol. The second kappa shape index (κ2) is 5.09. The van der Waals surface area contributed by atoms with Crippen LogP contribution in [-0.4, -0.2) is 25.8 Å². The summed E-state index contributed by atoms with van der Waals surface area (Å²) in [6.45, 7) is 4.66. The van der Waals surface area contributed by atoms with Gasteiger partial charge >= 0.3 is 0 Å². The molecular weight excluding hydrogens is 267 g/mol. The molecule has 0 saturated carbocycles. The van der Waals surface area contributed by atoms with Crippen molar-refractivity contribution in [3.05, 3.63) is 23.5 Å². The summed E-state index contributed by atoms with van der Waals surface area (Å²) in [6.07, 6.45) is 1.71. The van der Waals surface area contributed by atoms with Crippen molar-refractivity contribution < 1.29 is 12.8 Å². The lowest BCUT2D eigenvalue weighted by atomic mass is 10.0. The lowest BCUT2D eigenvalue weighted by molar-refractivity contribution is 0.288. The lowest BCUT2D eigenvalue weighted by Gasteiger charge is -2.29. The van der Waals surface area contributed by atoms with E-state index in [9.17, 15) is 12.8 Å². The fourth-order valence-electron chi connectivity index (χ4n) is 2.29. The van der Waals surface area contributed by atoms with Crippen LogP contribution in [-0.2, 0) is 10.0 Å². The maximum Gasteiger partial charge on any atom is 0.243 e.